The topological polar surface area (TPSA) is 6.48 Å². The van der Waals surface area contributed by atoms with E-state index < -0.39 is 0 Å². The maximum Gasteiger partial charge on any atom is 0.0683 e. The Morgan fingerprint density at radius 2 is 1.29 bits per heavy atom. The largest absolute Gasteiger partial charge is 0.287 e. The SMILES string of the molecule is C[C@]12CCCC[C@@H]1CC[C@H]1[C@@H]3CCC[C@@]3(C(N3CCCCC3)N3CCCCC3)CC[C@@H]12. The van der Waals surface area contributed by atoms with Gasteiger partial charge in [0, 0.05) is 5.41 Å². The predicted octanol–water partition coefficient (Wildman–Crippen LogP) is 7.09. The summed E-state index contributed by atoms with van der Waals surface area (Å²) in [5.74, 6) is 4.23. The van der Waals surface area contributed by atoms with Crippen LogP contribution in [0.15, 0.2) is 0 Å². The van der Waals surface area contributed by atoms with Crippen molar-refractivity contribution in [3.05, 3.63) is 0 Å². The molecule has 2 saturated heterocycles. The highest BCUT2D eigenvalue weighted by molar-refractivity contribution is 5.11. The number of nitrogens with zero attached hydrogens (tertiary/aromatic N) is 2. The Labute approximate surface area is 192 Å². The van der Waals surface area contributed by atoms with Crippen molar-refractivity contribution >= 4 is 0 Å². The van der Waals surface area contributed by atoms with Crippen molar-refractivity contribution in [1.29, 1.82) is 0 Å². The van der Waals surface area contributed by atoms with E-state index in [2.05, 4.69) is 16.7 Å². The highest BCUT2D eigenvalue weighted by Crippen LogP contribution is 2.67. The number of hydrogen-bond donors (Lipinski definition) is 0. The van der Waals surface area contributed by atoms with Crippen LogP contribution in [0.3, 0.4) is 0 Å². The molecule has 2 heterocycles. The molecular weight excluding hydrogens is 376 g/mol. The Morgan fingerprint density at radius 3 is 2.00 bits per heavy atom. The fraction of sp³-hybridized carbons (Fsp3) is 1.00. The second kappa shape index (κ2) is 8.61. The summed E-state index contributed by atoms with van der Waals surface area (Å²) in [5, 5.41) is 0. The van der Waals surface area contributed by atoms with Gasteiger partial charge in [-0.1, -0.05) is 39.0 Å². The number of rotatable bonds is 3. The zero-order chi connectivity index (χ0) is 20.9. The van der Waals surface area contributed by atoms with Crippen LogP contribution in [0.5, 0.6) is 0 Å². The second-order valence-electron chi connectivity index (χ2n) is 13.1. The summed E-state index contributed by atoms with van der Waals surface area (Å²) in [6, 6.07) is 0. The van der Waals surface area contributed by atoms with Crippen LogP contribution in [-0.2, 0) is 0 Å². The molecule has 176 valence electrons. The molecule has 6 atom stereocenters. The molecule has 0 radical (unpaired) electrons. The molecule has 0 amide bonds. The van der Waals surface area contributed by atoms with Gasteiger partial charge < -0.3 is 0 Å². The van der Waals surface area contributed by atoms with Crippen molar-refractivity contribution in [2.24, 2.45) is 34.5 Å². The van der Waals surface area contributed by atoms with Gasteiger partial charge in [0.05, 0.1) is 6.17 Å². The Bertz CT molecular complexity index is 602. The molecule has 2 heteroatoms. The van der Waals surface area contributed by atoms with E-state index in [0.29, 0.717) is 10.8 Å². The third kappa shape index (κ3) is 3.48. The molecule has 0 unspecified atom stereocenters. The fourth-order valence-electron chi connectivity index (χ4n) is 10.7. The summed E-state index contributed by atoms with van der Waals surface area (Å²) in [7, 11) is 0. The number of hydrogen-bond acceptors (Lipinski definition) is 2. The normalized spacial score (nSPS) is 47.0. The minimum absolute atomic E-state index is 0.633. The van der Waals surface area contributed by atoms with E-state index in [1.165, 1.54) is 84.0 Å². The van der Waals surface area contributed by atoms with Crippen LogP contribution in [0.1, 0.15) is 116 Å². The minimum Gasteiger partial charge on any atom is -0.287 e. The van der Waals surface area contributed by atoms with E-state index in [0.717, 1.165) is 29.8 Å². The lowest BCUT2D eigenvalue weighted by atomic mass is 9.44. The maximum atomic E-state index is 3.04. The molecule has 6 rings (SSSR count). The minimum atomic E-state index is 0.633. The summed E-state index contributed by atoms with van der Waals surface area (Å²) < 4.78 is 0. The predicted molar refractivity (Wildman–Crippen MR) is 130 cm³/mol. The quantitative estimate of drug-likeness (QED) is 0.475. The summed E-state index contributed by atoms with van der Waals surface area (Å²) in [4.78, 5) is 6.09. The van der Waals surface area contributed by atoms with E-state index >= 15 is 0 Å². The smallest absolute Gasteiger partial charge is 0.0683 e. The van der Waals surface area contributed by atoms with Crippen molar-refractivity contribution in [3.63, 3.8) is 0 Å². The van der Waals surface area contributed by atoms with E-state index in [1.807, 2.05) is 0 Å². The molecule has 2 nitrogen and oxygen atoms in total. The number of piperidine rings is 2. The summed E-state index contributed by atoms with van der Waals surface area (Å²) >= 11 is 0. The number of likely N-dealkylation sites (tertiary alicyclic amines) is 2. The zero-order valence-electron chi connectivity index (χ0n) is 20.6. The van der Waals surface area contributed by atoms with Gasteiger partial charge in [-0.05, 0) is 132 Å². The van der Waals surface area contributed by atoms with Gasteiger partial charge in [0.2, 0.25) is 0 Å². The van der Waals surface area contributed by atoms with Gasteiger partial charge in [0.15, 0.2) is 0 Å². The van der Waals surface area contributed by atoms with E-state index in [-0.39, 0.29) is 0 Å². The van der Waals surface area contributed by atoms with Crippen LogP contribution >= 0.6 is 0 Å². The van der Waals surface area contributed by atoms with E-state index in [1.54, 1.807) is 51.4 Å². The van der Waals surface area contributed by atoms with Crippen LogP contribution in [0.2, 0.25) is 0 Å². The van der Waals surface area contributed by atoms with Gasteiger partial charge in [0.1, 0.15) is 0 Å². The van der Waals surface area contributed by atoms with Crippen molar-refractivity contribution in [2.75, 3.05) is 26.2 Å². The average molecular weight is 427 g/mol. The standard InChI is InChI=1S/C29H50N2/c1-28-16-5-4-11-23(28)13-14-24-25(28)15-18-29(17-10-12-26(24)29)27(30-19-6-2-7-20-30)31-21-8-3-9-22-31/h23-27H,2-22H2,1H3/t23-,24-,25+,26+,28+,29-/m1/s1. The summed E-state index contributed by atoms with van der Waals surface area (Å²) in [5.41, 5.74) is 1.33. The molecular formula is C29H50N2. The van der Waals surface area contributed by atoms with Crippen molar-refractivity contribution in [2.45, 2.75) is 122 Å². The lowest BCUT2D eigenvalue weighted by Crippen LogP contribution is -2.64. The van der Waals surface area contributed by atoms with Gasteiger partial charge in [-0.25, -0.2) is 0 Å². The number of fused-ring (bicyclic) bond motifs is 5. The molecule has 6 aliphatic rings. The van der Waals surface area contributed by atoms with Crippen molar-refractivity contribution < 1.29 is 0 Å². The summed E-state index contributed by atoms with van der Waals surface area (Å²) in [6.07, 6.45) is 26.7. The molecule has 0 aromatic heterocycles. The highest BCUT2D eigenvalue weighted by Gasteiger charge is 2.62. The van der Waals surface area contributed by atoms with Crippen LogP contribution < -0.4 is 0 Å². The Morgan fingerprint density at radius 1 is 0.581 bits per heavy atom. The molecule has 4 aliphatic carbocycles. The molecule has 0 bridgehead atoms. The lowest BCUT2D eigenvalue weighted by Gasteiger charge is -2.63. The average Bonchev–Trinajstić information content (AvgIpc) is 3.25. The Balaban J connectivity index is 1.32. The monoisotopic (exact) mass is 426 g/mol. The van der Waals surface area contributed by atoms with Gasteiger partial charge >= 0.3 is 0 Å². The molecule has 4 saturated carbocycles. The van der Waals surface area contributed by atoms with Gasteiger partial charge in [0.25, 0.3) is 0 Å². The first-order valence-corrected chi connectivity index (χ1v) is 14.7. The van der Waals surface area contributed by atoms with Gasteiger partial charge in [-0.15, -0.1) is 0 Å². The van der Waals surface area contributed by atoms with Crippen molar-refractivity contribution in [3.8, 4) is 0 Å². The maximum absolute atomic E-state index is 3.04. The fourth-order valence-corrected chi connectivity index (χ4v) is 10.7. The third-order valence-electron chi connectivity index (χ3n) is 12.0. The molecule has 2 aliphatic heterocycles. The van der Waals surface area contributed by atoms with Crippen molar-refractivity contribution in [1.82, 2.24) is 9.80 Å². The van der Waals surface area contributed by atoms with E-state index in [9.17, 15) is 0 Å². The third-order valence-corrected chi connectivity index (χ3v) is 12.0. The first kappa shape index (κ1) is 21.5. The van der Waals surface area contributed by atoms with Crippen LogP contribution in [0.4, 0.5) is 0 Å². The van der Waals surface area contributed by atoms with Crippen LogP contribution in [0, 0.1) is 34.5 Å². The van der Waals surface area contributed by atoms with Crippen LogP contribution in [-0.4, -0.2) is 42.1 Å². The second-order valence-corrected chi connectivity index (χ2v) is 13.1. The highest BCUT2D eigenvalue weighted by atomic mass is 15.4. The molecule has 0 spiro atoms. The first-order chi connectivity index (χ1) is 15.2. The first-order valence-electron chi connectivity index (χ1n) is 14.7. The Hall–Kier alpha value is -0.0800. The molecule has 0 aromatic carbocycles. The molecule has 6 fully saturated rings. The summed E-state index contributed by atoms with van der Waals surface area (Å²) in [6.45, 7) is 8.34. The molecule has 31 heavy (non-hydrogen) atoms. The lowest BCUT2D eigenvalue weighted by molar-refractivity contribution is -0.160. The van der Waals surface area contributed by atoms with E-state index in [4.69, 9.17) is 0 Å². The van der Waals surface area contributed by atoms with Gasteiger partial charge in [-0.2, -0.15) is 0 Å². The molecule has 0 aromatic rings. The zero-order valence-corrected chi connectivity index (χ0v) is 20.6. The Kier molecular flexibility index (Phi) is 5.96. The van der Waals surface area contributed by atoms with Gasteiger partial charge in [-0.3, -0.25) is 9.80 Å². The van der Waals surface area contributed by atoms with Crippen LogP contribution in [0.25, 0.3) is 0 Å². The molecule has 0 N–H and O–H groups in total.